The van der Waals surface area contributed by atoms with Gasteiger partial charge in [0.05, 0.1) is 0 Å². The van der Waals surface area contributed by atoms with E-state index in [9.17, 15) is 4.79 Å². The van der Waals surface area contributed by atoms with Crippen LogP contribution >= 0.6 is 11.8 Å². The van der Waals surface area contributed by atoms with E-state index in [0.717, 1.165) is 20.6 Å². The molecular weight excluding hydrogens is 259 g/mol. The number of nitrogens with zero attached hydrogens (tertiary/aromatic N) is 2. The summed E-state index contributed by atoms with van der Waals surface area (Å²) in [6.07, 6.45) is 7.16. The molecule has 1 atom stereocenters. The summed E-state index contributed by atoms with van der Waals surface area (Å²) in [6, 6.07) is 0. The van der Waals surface area contributed by atoms with E-state index in [0.29, 0.717) is 5.56 Å². The third kappa shape index (κ3) is 2.37. The molecule has 1 fully saturated rings. The van der Waals surface area contributed by atoms with Crippen molar-refractivity contribution in [1.82, 2.24) is 9.97 Å². The molecule has 0 aliphatic heterocycles. The van der Waals surface area contributed by atoms with Crippen LogP contribution in [0.5, 0.6) is 0 Å². The predicted molar refractivity (Wildman–Crippen MR) is 59.0 cm³/mol. The van der Waals surface area contributed by atoms with Gasteiger partial charge in [-0.3, -0.25) is 0 Å². The van der Waals surface area contributed by atoms with E-state index in [-0.39, 0.29) is 15.8 Å². The molecule has 0 radical (unpaired) electrons. The van der Waals surface area contributed by atoms with Crippen LogP contribution in [-0.4, -0.2) is 38.3 Å². The Morgan fingerprint density at radius 1 is 1.64 bits per heavy atom. The standard InChI is InChI=1S/C9H11AsN2OS/c1-14-9-11-4-6(5-13)8(12-9)10-7-2-3-7/h4-5,7,10H,2-3H2,1H3. The predicted octanol–water partition coefficient (Wildman–Crippen LogP) is 0.655. The summed E-state index contributed by atoms with van der Waals surface area (Å²) in [7, 11) is 0. The van der Waals surface area contributed by atoms with Crippen LogP contribution in [0.3, 0.4) is 0 Å². The zero-order valence-electron chi connectivity index (χ0n) is 7.86. The van der Waals surface area contributed by atoms with Gasteiger partial charge in [0.1, 0.15) is 0 Å². The third-order valence-electron chi connectivity index (χ3n) is 2.02. The molecule has 1 unspecified atom stereocenters. The number of thioether (sulfide) groups is 1. The molecule has 5 heteroatoms. The molecule has 1 aromatic rings. The number of rotatable bonds is 4. The van der Waals surface area contributed by atoms with Gasteiger partial charge in [-0.05, 0) is 0 Å². The molecule has 0 aromatic carbocycles. The van der Waals surface area contributed by atoms with Crippen LogP contribution in [0.4, 0.5) is 0 Å². The molecule has 0 bridgehead atoms. The van der Waals surface area contributed by atoms with Gasteiger partial charge in [-0.2, -0.15) is 0 Å². The molecule has 1 aliphatic rings. The molecule has 0 N–H and O–H groups in total. The minimum atomic E-state index is -0.205. The Hall–Kier alpha value is -0.342. The first-order valence-electron chi connectivity index (χ1n) is 4.46. The van der Waals surface area contributed by atoms with E-state index in [1.807, 2.05) is 6.26 Å². The Bertz CT molecular complexity index is 355. The van der Waals surface area contributed by atoms with Crippen molar-refractivity contribution < 1.29 is 4.79 Å². The summed E-state index contributed by atoms with van der Waals surface area (Å²) in [5.74, 6) is 0. The number of hydrogen-bond donors (Lipinski definition) is 0. The summed E-state index contributed by atoms with van der Waals surface area (Å²) in [5, 5.41) is 0.787. The second kappa shape index (κ2) is 4.45. The van der Waals surface area contributed by atoms with Crippen molar-refractivity contribution in [3.8, 4) is 0 Å². The second-order valence-electron chi connectivity index (χ2n) is 3.20. The van der Waals surface area contributed by atoms with Crippen molar-refractivity contribution in [2.24, 2.45) is 0 Å². The first kappa shape index (κ1) is 10.2. The van der Waals surface area contributed by atoms with E-state index in [1.165, 1.54) is 24.6 Å². The third-order valence-corrected chi connectivity index (χ3v) is 6.07. The van der Waals surface area contributed by atoms with Gasteiger partial charge in [0.2, 0.25) is 0 Å². The number of carbonyl (C=O) groups is 1. The molecule has 1 aromatic heterocycles. The van der Waals surface area contributed by atoms with E-state index >= 15 is 0 Å². The summed E-state index contributed by atoms with van der Waals surface area (Å²) in [4.78, 5) is 19.3. The quantitative estimate of drug-likeness (QED) is 0.349. The molecule has 2 rings (SSSR count). The average molecular weight is 270 g/mol. The Labute approximate surface area is 93.8 Å². The van der Waals surface area contributed by atoms with Gasteiger partial charge in [-0.15, -0.1) is 0 Å². The molecule has 1 saturated carbocycles. The molecule has 1 aliphatic carbocycles. The van der Waals surface area contributed by atoms with Gasteiger partial charge < -0.3 is 0 Å². The minimum absolute atomic E-state index is 0.205. The number of hydrogen-bond acceptors (Lipinski definition) is 4. The van der Waals surface area contributed by atoms with Crippen molar-refractivity contribution in [1.29, 1.82) is 0 Å². The van der Waals surface area contributed by atoms with Crippen LogP contribution in [-0.2, 0) is 0 Å². The maximum atomic E-state index is 10.8. The van der Waals surface area contributed by atoms with Crippen molar-refractivity contribution in [2.45, 2.75) is 22.7 Å². The Morgan fingerprint density at radius 2 is 2.43 bits per heavy atom. The van der Waals surface area contributed by atoms with Gasteiger partial charge >= 0.3 is 93.8 Å². The second-order valence-corrected chi connectivity index (χ2v) is 7.28. The fraction of sp³-hybridized carbons (Fsp3) is 0.444. The van der Waals surface area contributed by atoms with Gasteiger partial charge in [0, 0.05) is 0 Å². The molecule has 0 amide bonds. The Morgan fingerprint density at radius 3 is 3.00 bits per heavy atom. The topological polar surface area (TPSA) is 42.9 Å². The summed E-state index contributed by atoms with van der Waals surface area (Å²) < 4.78 is 1.92. The van der Waals surface area contributed by atoms with Crippen LogP contribution in [0.1, 0.15) is 23.2 Å². The van der Waals surface area contributed by atoms with E-state index in [4.69, 9.17) is 0 Å². The summed E-state index contributed by atoms with van der Waals surface area (Å²) >= 11 is 1.33. The number of carbonyl (C=O) groups excluding carboxylic acids is 1. The SMILES string of the molecule is CSc1ncc(C=O)c([AsH]C2CC2)n1. The number of aldehydes is 1. The molecule has 3 nitrogen and oxygen atoms in total. The van der Waals surface area contributed by atoms with Crippen molar-refractivity contribution in [3.05, 3.63) is 11.8 Å². The van der Waals surface area contributed by atoms with Crippen molar-refractivity contribution in [3.63, 3.8) is 0 Å². The van der Waals surface area contributed by atoms with Crippen molar-refractivity contribution >= 4 is 38.3 Å². The van der Waals surface area contributed by atoms with Crippen molar-refractivity contribution in [2.75, 3.05) is 6.26 Å². The maximum absolute atomic E-state index is 10.8. The summed E-state index contributed by atoms with van der Waals surface area (Å²) in [6.45, 7) is 0. The van der Waals surface area contributed by atoms with E-state index in [2.05, 4.69) is 9.97 Å². The van der Waals surface area contributed by atoms with Crippen LogP contribution in [0, 0.1) is 0 Å². The molecule has 74 valence electrons. The molecule has 0 spiro atoms. The van der Waals surface area contributed by atoms with Gasteiger partial charge in [-0.1, -0.05) is 0 Å². The van der Waals surface area contributed by atoms with Gasteiger partial charge in [0.15, 0.2) is 0 Å². The zero-order valence-corrected chi connectivity index (χ0v) is 10.8. The van der Waals surface area contributed by atoms with Crippen LogP contribution in [0.15, 0.2) is 11.4 Å². The Balaban J connectivity index is 2.26. The van der Waals surface area contributed by atoms with Crippen LogP contribution in [0.2, 0.25) is 4.71 Å². The van der Waals surface area contributed by atoms with Gasteiger partial charge in [0.25, 0.3) is 0 Å². The number of aromatic nitrogens is 2. The first-order chi connectivity index (χ1) is 6.83. The molecular formula is C9H11AsN2OS. The van der Waals surface area contributed by atoms with E-state index in [1.54, 1.807) is 6.20 Å². The average Bonchev–Trinajstić information content (AvgIpc) is 3.01. The Kier molecular flexibility index (Phi) is 3.24. The monoisotopic (exact) mass is 270 g/mol. The van der Waals surface area contributed by atoms with Gasteiger partial charge in [-0.25, -0.2) is 0 Å². The van der Waals surface area contributed by atoms with Crippen LogP contribution in [0.25, 0.3) is 0 Å². The fourth-order valence-electron chi connectivity index (χ4n) is 1.10. The van der Waals surface area contributed by atoms with E-state index < -0.39 is 0 Å². The zero-order chi connectivity index (χ0) is 9.97. The van der Waals surface area contributed by atoms with Crippen LogP contribution < -0.4 is 4.48 Å². The molecule has 14 heavy (non-hydrogen) atoms. The fourth-order valence-corrected chi connectivity index (χ4v) is 4.34. The first-order valence-corrected chi connectivity index (χ1v) is 7.94. The molecule has 0 saturated heterocycles. The molecule has 1 heterocycles. The normalized spacial score (nSPS) is 16.4. The summed E-state index contributed by atoms with van der Waals surface area (Å²) in [5.41, 5.74) is 0.703.